The van der Waals surface area contributed by atoms with Gasteiger partial charge in [0, 0.05) is 12.1 Å². The van der Waals surface area contributed by atoms with E-state index < -0.39 is 6.04 Å². The summed E-state index contributed by atoms with van der Waals surface area (Å²) in [7, 11) is 0. The van der Waals surface area contributed by atoms with Crippen molar-refractivity contribution >= 4 is 11.8 Å². The number of benzene rings is 1. The first-order valence-electron chi connectivity index (χ1n) is 6.11. The molecule has 2 amide bonds. The first-order chi connectivity index (χ1) is 8.43. The van der Waals surface area contributed by atoms with Crippen LogP contribution < -0.4 is 10.6 Å². The van der Waals surface area contributed by atoms with Crippen LogP contribution in [0.5, 0.6) is 0 Å². The van der Waals surface area contributed by atoms with Crippen LogP contribution >= 0.6 is 0 Å². The Morgan fingerprint density at radius 2 is 1.72 bits per heavy atom. The summed E-state index contributed by atoms with van der Waals surface area (Å²) in [5.74, 6) is -0.393. The average Bonchev–Trinajstić information content (AvgIpc) is 2.27. The molecule has 0 unspecified atom stereocenters. The molecule has 0 aliphatic heterocycles. The third-order valence-corrected chi connectivity index (χ3v) is 2.58. The van der Waals surface area contributed by atoms with E-state index in [2.05, 4.69) is 10.6 Å². The molecule has 0 aliphatic rings. The van der Waals surface area contributed by atoms with Gasteiger partial charge in [0.15, 0.2) is 0 Å². The quantitative estimate of drug-likeness (QED) is 0.849. The fourth-order valence-electron chi connectivity index (χ4n) is 1.78. The third kappa shape index (κ3) is 3.87. The molecular formula is C14H20N2O2. The Balaban J connectivity index is 2.73. The smallest absolute Gasteiger partial charge is 0.251 e. The van der Waals surface area contributed by atoms with Crippen molar-refractivity contribution in [3.63, 3.8) is 0 Å². The zero-order chi connectivity index (χ0) is 13.7. The van der Waals surface area contributed by atoms with Gasteiger partial charge in [-0.2, -0.15) is 0 Å². The maximum atomic E-state index is 12.0. The van der Waals surface area contributed by atoms with Gasteiger partial charge < -0.3 is 10.6 Å². The van der Waals surface area contributed by atoms with E-state index in [1.54, 1.807) is 6.92 Å². The lowest BCUT2D eigenvalue weighted by Gasteiger charge is -2.13. The molecule has 0 radical (unpaired) electrons. The van der Waals surface area contributed by atoms with Gasteiger partial charge in [0.25, 0.3) is 5.91 Å². The lowest BCUT2D eigenvalue weighted by atomic mass is 10.1. The van der Waals surface area contributed by atoms with Gasteiger partial charge in [-0.05, 0) is 39.8 Å². The maximum Gasteiger partial charge on any atom is 0.251 e. The fraction of sp³-hybridized carbons (Fsp3) is 0.429. The molecule has 1 aromatic carbocycles. The van der Waals surface area contributed by atoms with E-state index in [0.717, 1.165) is 11.1 Å². The highest BCUT2D eigenvalue weighted by Crippen LogP contribution is 2.08. The van der Waals surface area contributed by atoms with Gasteiger partial charge >= 0.3 is 0 Å². The summed E-state index contributed by atoms with van der Waals surface area (Å²) in [4.78, 5) is 23.5. The van der Waals surface area contributed by atoms with Crippen LogP contribution in [0, 0.1) is 13.8 Å². The Hall–Kier alpha value is -1.84. The Morgan fingerprint density at radius 1 is 1.17 bits per heavy atom. The van der Waals surface area contributed by atoms with Crippen LogP contribution in [-0.2, 0) is 4.79 Å². The molecular weight excluding hydrogens is 228 g/mol. The summed E-state index contributed by atoms with van der Waals surface area (Å²) < 4.78 is 0. The van der Waals surface area contributed by atoms with Gasteiger partial charge in [-0.1, -0.05) is 17.2 Å². The molecule has 4 nitrogen and oxygen atoms in total. The minimum Gasteiger partial charge on any atom is -0.355 e. The Labute approximate surface area is 108 Å². The molecule has 2 N–H and O–H groups in total. The molecule has 0 aromatic heterocycles. The van der Waals surface area contributed by atoms with Crippen LogP contribution in [0.3, 0.4) is 0 Å². The van der Waals surface area contributed by atoms with Crippen LogP contribution in [0.25, 0.3) is 0 Å². The minimum atomic E-state index is -0.529. The Bertz CT molecular complexity index is 435. The summed E-state index contributed by atoms with van der Waals surface area (Å²) in [5, 5.41) is 5.36. The molecule has 0 fully saturated rings. The molecule has 0 saturated heterocycles. The maximum absolute atomic E-state index is 12.0. The first-order valence-corrected chi connectivity index (χ1v) is 6.11. The van der Waals surface area contributed by atoms with Crippen molar-refractivity contribution in [2.45, 2.75) is 33.7 Å². The van der Waals surface area contributed by atoms with E-state index in [0.29, 0.717) is 12.1 Å². The van der Waals surface area contributed by atoms with Crippen molar-refractivity contribution in [3.8, 4) is 0 Å². The number of carbonyl (C=O) groups excluding carboxylic acids is 2. The summed E-state index contributed by atoms with van der Waals surface area (Å²) in [6, 6.07) is 5.10. The molecule has 1 atom stereocenters. The van der Waals surface area contributed by atoms with Gasteiger partial charge in [0.1, 0.15) is 6.04 Å². The lowest BCUT2D eigenvalue weighted by molar-refractivity contribution is -0.122. The molecule has 1 rings (SSSR count). The number of likely N-dealkylation sites (N-methyl/N-ethyl adjacent to an activating group) is 1. The lowest BCUT2D eigenvalue weighted by Crippen LogP contribution is -2.44. The van der Waals surface area contributed by atoms with Crippen molar-refractivity contribution in [1.82, 2.24) is 10.6 Å². The predicted octanol–water partition coefficient (Wildman–Crippen LogP) is 1.56. The van der Waals surface area contributed by atoms with E-state index in [1.807, 2.05) is 39.0 Å². The number of rotatable bonds is 4. The van der Waals surface area contributed by atoms with Crippen molar-refractivity contribution < 1.29 is 9.59 Å². The Morgan fingerprint density at radius 3 is 2.22 bits per heavy atom. The van der Waals surface area contributed by atoms with E-state index in [4.69, 9.17) is 0 Å². The SMILES string of the molecule is CCNC(=O)[C@@H](C)NC(=O)c1cc(C)cc(C)c1. The van der Waals surface area contributed by atoms with E-state index >= 15 is 0 Å². The van der Waals surface area contributed by atoms with Crippen LogP contribution in [0.4, 0.5) is 0 Å². The van der Waals surface area contributed by atoms with Crippen LogP contribution in [-0.4, -0.2) is 24.4 Å². The van der Waals surface area contributed by atoms with Crippen molar-refractivity contribution in [2.24, 2.45) is 0 Å². The number of aryl methyl sites for hydroxylation is 2. The normalized spacial score (nSPS) is 11.8. The average molecular weight is 248 g/mol. The van der Waals surface area contributed by atoms with Gasteiger partial charge in [-0.25, -0.2) is 0 Å². The van der Waals surface area contributed by atoms with E-state index in [9.17, 15) is 9.59 Å². The zero-order valence-electron chi connectivity index (χ0n) is 11.3. The monoisotopic (exact) mass is 248 g/mol. The second-order valence-electron chi connectivity index (χ2n) is 4.47. The van der Waals surface area contributed by atoms with E-state index in [-0.39, 0.29) is 11.8 Å². The second-order valence-corrected chi connectivity index (χ2v) is 4.47. The van der Waals surface area contributed by atoms with Crippen LogP contribution in [0.2, 0.25) is 0 Å². The highest BCUT2D eigenvalue weighted by atomic mass is 16.2. The second kappa shape index (κ2) is 6.19. The number of carbonyl (C=O) groups is 2. The molecule has 98 valence electrons. The molecule has 4 heteroatoms. The van der Waals surface area contributed by atoms with Crippen LogP contribution in [0.1, 0.15) is 35.3 Å². The Kier molecular flexibility index (Phi) is 4.89. The molecule has 0 bridgehead atoms. The summed E-state index contributed by atoms with van der Waals surface area (Å²) in [5.41, 5.74) is 2.65. The van der Waals surface area contributed by atoms with E-state index in [1.165, 1.54) is 0 Å². The number of hydrogen-bond acceptors (Lipinski definition) is 2. The fourth-order valence-corrected chi connectivity index (χ4v) is 1.78. The minimum absolute atomic E-state index is 0.171. The third-order valence-electron chi connectivity index (χ3n) is 2.58. The largest absolute Gasteiger partial charge is 0.355 e. The molecule has 0 saturated carbocycles. The molecule has 0 aliphatic carbocycles. The van der Waals surface area contributed by atoms with Gasteiger partial charge in [0.05, 0.1) is 0 Å². The topological polar surface area (TPSA) is 58.2 Å². The van der Waals surface area contributed by atoms with Crippen molar-refractivity contribution in [2.75, 3.05) is 6.54 Å². The van der Waals surface area contributed by atoms with Gasteiger partial charge in [-0.3, -0.25) is 9.59 Å². The highest BCUT2D eigenvalue weighted by Gasteiger charge is 2.15. The van der Waals surface area contributed by atoms with Gasteiger partial charge in [0.2, 0.25) is 5.91 Å². The number of amides is 2. The van der Waals surface area contributed by atoms with Crippen LogP contribution in [0.15, 0.2) is 18.2 Å². The molecule has 0 heterocycles. The number of hydrogen-bond donors (Lipinski definition) is 2. The van der Waals surface area contributed by atoms with Gasteiger partial charge in [-0.15, -0.1) is 0 Å². The summed E-state index contributed by atoms with van der Waals surface area (Å²) in [6.45, 7) is 7.96. The summed E-state index contributed by atoms with van der Waals surface area (Å²) in [6.07, 6.45) is 0. The van der Waals surface area contributed by atoms with Crippen molar-refractivity contribution in [3.05, 3.63) is 34.9 Å². The molecule has 0 spiro atoms. The zero-order valence-corrected chi connectivity index (χ0v) is 11.3. The first kappa shape index (κ1) is 14.2. The number of nitrogens with one attached hydrogen (secondary N) is 2. The van der Waals surface area contributed by atoms with Crippen molar-refractivity contribution in [1.29, 1.82) is 0 Å². The molecule has 1 aromatic rings. The summed E-state index contributed by atoms with van der Waals surface area (Å²) >= 11 is 0. The molecule has 18 heavy (non-hydrogen) atoms. The predicted molar refractivity (Wildman–Crippen MR) is 71.5 cm³/mol. The highest BCUT2D eigenvalue weighted by molar-refractivity contribution is 5.97. The standard InChI is InChI=1S/C14H20N2O2/c1-5-15-13(17)11(4)16-14(18)12-7-9(2)6-10(3)8-12/h6-8,11H,5H2,1-4H3,(H,15,17)(H,16,18)/t11-/m1/s1.